The van der Waals surface area contributed by atoms with Gasteiger partial charge in [-0.2, -0.15) is 4.98 Å². The fourth-order valence-corrected chi connectivity index (χ4v) is 7.47. The summed E-state index contributed by atoms with van der Waals surface area (Å²) in [5.74, 6) is -1.59. The molecule has 52 heavy (non-hydrogen) atoms. The summed E-state index contributed by atoms with van der Waals surface area (Å²) in [6.07, 6.45) is -0.458. The molecule has 3 N–H and O–H groups in total. The second-order valence-electron chi connectivity index (χ2n) is 11.2. The lowest BCUT2D eigenvalue weighted by molar-refractivity contribution is -0.149. The van der Waals surface area contributed by atoms with Gasteiger partial charge in [-0.1, -0.05) is 72.8 Å². The first-order chi connectivity index (χ1) is 25.1. The van der Waals surface area contributed by atoms with Crippen LogP contribution in [0.25, 0.3) is 21.4 Å². The maximum absolute atomic E-state index is 13.6. The van der Waals surface area contributed by atoms with Crippen LogP contribution < -0.4 is 15.6 Å². The zero-order valence-electron chi connectivity index (χ0n) is 27.6. The van der Waals surface area contributed by atoms with Crippen LogP contribution in [0.3, 0.4) is 0 Å². The van der Waals surface area contributed by atoms with Gasteiger partial charge in [0.05, 0.1) is 23.2 Å². The number of benzene rings is 3. The number of fused-ring (bicyclic) bond motifs is 2. The predicted octanol–water partition coefficient (Wildman–Crippen LogP) is 3.44. The maximum atomic E-state index is 13.6. The lowest BCUT2D eigenvalue weighted by atomic mass is 10.0. The highest BCUT2D eigenvalue weighted by molar-refractivity contribution is 7.91. The highest BCUT2D eigenvalue weighted by atomic mass is 32.2. The number of ether oxygens (including phenoxy) is 2. The van der Waals surface area contributed by atoms with E-state index in [0.717, 1.165) is 16.2 Å². The second kappa shape index (κ2) is 15.9. The molecule has 6 rings (SSSR count). The van der Waals surface area contributed by atoms with E-state index in [1.165, 1.54) is 10.9 Å². The summed E-state index contributed by atoms with van der Waals surface area (Å²) in [4.78, 5) is 68.1. The Labute approximate surface area is 300 Å². The van der Waals surface area contributed by atoms with E-state index in [2.05, 4.69) is 30.0 Å². The first kappa shape index (κ1) is 35.8. The average molecular weight is 745 g/mol. The first-order valence-corrected chi connectivity index (χ1v) is 18.2. The zero-order chi connectivity index (χ0) is 36.7. The van der Waals surface area contributed by atoms with Gasteiger partial charge in [0.25, 0.3) is 15.6 Å². The van der Waals surface area contributed by atoms with Crippen molar-refractivity contribution >= 4 is 66.7 Å². The fraction of sp³-hybridized carbons (Fsp3) is 0.206. The number of aromatic nitrogens is 5. The predicted molar refractivity (Wildman–Crippen MR) is 191 cm³/mol. The number of para-hydroxylation sites is 1. The minimum absolute atomic E-state index is 0.0392. The Morgan fingerprint density at radius 1 is 0.962 bits per heavy atom. The van der Waals surface area contributed by atoms with Gasteiger partial charge in [0, 0.05) is 13.1 Å². The van der Waals surface area contributed by atoms with Crippen molar-refractivity contribution in [3.8, 4) is 0 Å². The molecule has 0 fully saturated rings. The summed E-state index contributed by atoms with van der Waals surface area (Å²) in [6.45, 7) is 0.325. The van der Waals surface area contributed by atoms with Crippen molar-refractivity contribution < 1.29 is 32.3 Å². The van der Waals surface area contributed by atoms with Crippen molar-refractivity contribution in [1.82, 2.24) is 34.1 Å². The van der Waals surface area contributed by atoms with Gasteiger partial charge < -0.3 is 18.9 Å². The van der Waals surface area contributed by atoms with Crippen molar-refractivity contribution in [2.45, 2.75) is 23.9 Å². The molecule has 0 saturated heterocycles. The highest BCUT2D eigenvalue weighted by Gasteiger charge is 2.24. The van der Waals surface area contributed by atoms with E-state index in [-0.39, 0.29) is 41.1 Å². The number of carbonyl (C=O) groups excluding carboxylic acids is 3. The summed E-state index contributed by atoms with van der Waals surface area (Å²) in [7, 11) is -4.02. The van der Waals surface area contributed by atoms with Gasteiger partial charge >= 0.3 is 12.1 Å². The molecule has 3 aromatic heterocycles. The van der Waals surface area contributed by atoms with Crippen LogP contribution >= 0.6 is 11.3 Å². The minimum atomic E-state index is -4.02. The molecule has 3 aromatic carbocycles. The van der Waals surface area contributed by atoms with Crippen LogP contribution in [-0.4, -0.2) is 82.0 Å². The third-order valence-corrected chi connectivity index (χ3v) is 10.5. The molecule has 2 amide bonds. The number of amides is 2. The van der Waals surface area contributed by atoms with Crippen LogP contribution in [0, 0.1) is 0 Å². The maximum Gasteiger partial charge on any atom is 0.414 e. The molecular formula is C34H32N8O8S2. The average Bonchev–Trinajstić information content (AvgIpc) is 3.76. The number of hydrogen-bond donors (Lipinski definition) is 3. The van der Waals surface area contributed by atoms with Crippen molar-refractivity contribution in [3.63, 3.8) is 0 Å². The molecule has 0 bridgehead atoms. The molecule has 6 aromatic rings. The number of thiazole rings is 1. The molecule has 0 atom stereocenters. The lowest BCUT2D eigenvalue weighted by Crippen LogP contribution is -2.43. The number of nitrogens with zero attached hydrogens (tertiary/aromatic N) is 5. The fourth-order valence-electron chi connectivity index (χ4n) is 5.19. The van der Waals surface area contributed by atoms with E-state index >= 15 is 0 Å². The number of rotatable bonds is 14. The van der Waals surface area contributed by atoms with Gasteiger partial charge in [0.2, 0.25) is 16.2 Å². The third-order valence-electron chi connectivity index (χ3n) is 7.59. The van der Waals surface area contributed by atoms with Crippen molar-refractivity contribution in [3.05, 3.63) is 113 Å². The number of hydrogen-bond acceptors (Lipinski definition) is 12. The van der Waals surface area contributed by atoms with E-state index in [1.807, 2.05) is 60.7 Å². The Bertz CT molecular complexity index is 2310. The monoisotopic (exact) mass is 744 g/mol. The van der Waals surface area contributed by atoms with E-state index in [1.54, 1.807) is 31.2 Å². The summed E-state index contributed by atoms with van der Waals surface area (Å²) >= 11 is 1.00. The SMILES string of the molecule is CCOC(=O)CN(CCNS(=O)(=O)c1nc2ccccc2s1)C(=O)Cn1cnc2c(=O)[nH]c(NC(=O)OC(c3ccccc3)c3ccccc3)nc21. The van der Waals surface area contributed by atoms with Crippen LogP contribution in [0.5, 0.6) is 0 Å². The minimum Gasteiger partial charge on any atom is -0.465 e. The Kier molecular flexibility index (Phi) is 11.0. The number of imidazole rings is 1. The summed E-state index contributed by atoms with van der Waals surface area (Å²) in [6, 6.07) is 25.2. The largest absolute Gasteiger partial charge is 0.465 e. The van der Waals surface area contributed by atoms with Crippen molar-refractivity contribution in [1.29, 1.82) is 0 Å². The van der Waals surface area contributed by atoms with E-state index in [9.17, 15) is 27.6 Å². The molecule has 0 unspecified atom stereocenters. The van der Waals surface area contributed by atoms with Gasteiger partial charge in [-0.25, -0.2) is 27.9 Å². The molecule has 18 heteroatoms. The molecule has 3 heterocycles. The molecule has 0 saturated carbocycles. The molecule has 0 aliphatic heterocycles. The quantitative estimate of drug-likeness (QED) is 0.138. The Morgan fingerprint density at radius 3 is 2.31 bits per heavy atom. The number of carbonyl (C=O) groups is 3. The van der Waals surface area contributed by atoms with E-state index in [0.29, 0.717) is 21.3 Å². The van der Waals surface area contributed by atoms with Crippen LogP contribution in [-0.2, 0) is 35.6 Å². The number of anilines is 1. The van der Waals surface area contributed by atoms with Gasteiger partial charge in [-0.05, 0) is 30.2 Å². The molecule has 0 radical (unpaired) electrons. The van der Waals surface area contributed by atoms with Gasteiger partial charge in [-0.15, -0.1) is 11.3 Å². The second-order valence-corrected chi connectivity index (χ2v) is 14.1. The van der Waals surface area contributed by atoms with Gasteiger partial charge in [0.15, 0.2) is 17.3 Å². The highest BCUT2D eigenvalue weighted by Crippen LogP contribution is 2.27. The Balaban J connectivity index is 1.16. The topological polar surface area (TPSA) is 208 Å². The zero-order valence-corrected chi connectivity index (χ0v) is 29.2. The summed E-state index contributed by atoms with van der Waals surface area (Å²) < 4.78 is 41.0. The van der Waals surface area contributed by atoms with Crippen LogP contribution in [0.2, 0.25) is 0 Å². The van der Waals surface area contributed by atoms with Crippen LogP contribution in [0.4, 0.5) is 10.7 Å². The Morgan fingerprint density at radius 2 is 1.63 bits per heavy atom. The molecule has 0 aliphatic rings. The first-order valence-electron chi connectivity index (χ1n) is 15.9. The number of aromatic amines is 1. The molecule has 0 aliphatic carbocycles. The normalized spacial score (nSPS) is 11.5. The number of esters is 1. The van der Waals surface area contributed by atoms with Gasteiger partial charge in [0.1, 0.15) is 13.1 Å². The van der Waals surface area contributed by atoms with Crippen molar-refractivity contribution in [2.24, 2.45) is 0 Å². The van der Waals surface area contributed by atoms with Crippen molar-refractivity contribution in [2.75, 3.05) is 31.6 Å². The lowest BCUT2D eigenvalue weighted by Gasteiger charge is -2.22. The standard InChI is InChI=1S/C34H32N8O8S2/c1-2-49-27(44)20-41(18-17-36-52(47,48)34-37-24-15-9-10-16-25(24)51-34)26(43)19-42-21-35-28-30(42)38-32(39-31(28)45)40-33(46)50-29(22-11-5-3-6-12-22)23-13-7-4-8-14-23/h3-16,21,29,36H,2,17-20H2,1H3,(H2,38,39,40,45,46). The number of nitrogens with one attached hydrogen (secondary N) is 3. The van der Waals surface area contributed by atoms with Gasteiger partial charge in [-0.3, -0.25) is 24.7 Å². The number of H-pyrrole nitrogens is 1. The molecule has 0 spiro atoms. The molecule has 268 valence electrons. The Hall–Kier alpha value is -5.98. The molecule has 16 nitrogen and oxygen atoms in total. The van der Waals surface area contributed by atoms with E-state index in [4.69, 9.17) is 9.47 Å². The third kappa shape index (κ3) is 8.48. The smallest absolute Gasteiger partial charge is 0.414 e. The number of sulfonamides is 1. The van der Waals surface area contributed by atoms with E-state index < -0.39 is 52.7 Å². The molecular weight excluding hydrogens is 713 g/mol. The van der Waals surface area contributed by atoms with Crippen LogP contribution in [0.15, 0.2) is 100 Å². The summed E-state index contributed by atoms with van der Waals surface area (Å²) in [5, 5.41) is 2.45. The van der Waals surface area contributed by atoms with Crippen LogP contribution in [0.1, 0.15) is 24.2 Å². The summed E-state index contributed by atoms with van der Waals surface area (Å²) in [5.41, 5.74) is 1.12.